The third-order valence-corrected chi connectivity index (χ3v) is 6.49. The minimum absolute atomic E-state index is 0.128. The molecule has 0 saturated carbocycles. The Bertz CT molecular complexity index is 1160. The van der Waals surface area contributed by atoms with E-state index in [-0.39, 0.29) is 12.5 Å². The number of aliphatic imine (C=N–C) groups is 1. The number of alkyl halides is 3. The lowest BCUT2D eigenvalue weighted by atomic mass is 9.99. The van der Waals surface area contributed by atoms with Crippen LogP contribution >= 0.6 is 0 Å². The van der Waals surface area contributed by atoms with E-state index in [0.29, 0.717) is 37.7 Å². The molecule has 0 atom stereocenters. The number of hydrogen-bond donors (Lipinski definition) is 0. The van der Waals surface area contributed by atoms with Gasteiger partial charge in [0.1, 0.15) is 5.75 Å². The summed E-state index contributed by atoms with van der Waals surface area (Å²) in [7, 11) is 1.65. The summed E-state index contributed by atoms with van der Waals surface area (Å²) in [6, 6.07) is 12.8. The SMILES string of the molecule is COc1ccccc1CN1CCC2=C(C1)C(=O)N(Cc1ccc(C(F)(F)F)cc1)C1=NCCN12. The lowest BCUT2D eigenvalue weighted by molar-refractivity contribution is -0.137. The molecule has 3 aliphatic heterocycles. The van der Waals surface area contributed by atoms with Crippen molar-refractivity contribution in [3.05, 3.63) is 76.5 Å². The Morgan fingerprint density at radius 2 is 1.79 bits per heavy atom. The van der Waals surface area contributed by atoms with Crippen molar-refractivity contribution in [2.24, 2.45) is 4.99 Å². The summed E-state index contributed by atoms with van der Waals surface area (Å²) in [6.07, 6.45) is -3.65. The number of carbonyl (C=O) groups excluding carboxylic acids is 1. The maximum atomic E-state index is 13.6. The van der Waals surface area contributed by atoms with Crippen molar-refractivity contribution in [2.45, 2.75) is 25.7 Å². The van der Waals surface area contributed by atoms with Crippen LogP contribution in [0.5, 0.6) is 5.75 Å². The molecule has 2 aromatic carbocycles. The first-order valence-corrected chi connectivity index (χ1v) is 11.2. The van der Waals surface area contributed by atoms with Gasteiger partial charge in [-0.05, 0) is 23.8 Å². The number of rotatable bonds is 5. The number of halogens is 3. The molecule has 0 aromatic heterocycles. The highest BCUT2D eigenvalue weighted by molar-refractivity contribution is 6.09. The number of benzene rings is 2. The number of nitrogens with zero attached hydrogens (tertiary/aromatic N) is 4. The Labute approximate surface area is 195 Å². The maximum Gasteiger partial charge on any atom is 0.416 e. The summed E-state index contributed by atoms with van der Waals surface area (Å²) in [5, 5.41) is 0. The Morgan fingerprint density at radius 3 is 2.53 bits per heavy atom. The van der Waals surface area contributed by atoms with Crippen LogP contribution in [0.4, 0.5) is 13.2 Å². The van der Waals surface area contributed by atoms with Crippen LogP contribution < -0.4 is 4.74 Å². The second-order valence-electron chi connectivity index (χ2n) is 8.62. The molecule has 3 aliphatic rings. The van der Waals surface area contributed by atoms with Gasteiger partial charge in [0.2, 0.25) is 5.96 Å². The fourth-order valence-corrected chi connectivity index (χ4v) is 4.81. The fraction of sp³-hybridized carbons (Fsp3) is 0.360. The molecule has 34 heavy (non-hydrogen) atoms. The molecule has 0 radical (unpaired) electrons. The molecule has 5 rings (SSSR count). The maximum absolute atomic E-state index is 13.6. The van der Waals surface area contributed by atoms with Crippen molar-refractivity contribution in [1.29, 1.82) is 0 Å². The number of guanidine groups is 1. The molecule has 1 amide bonds. The number of ether oxygens (including phenoxy) is 1. The van der Waals surface area contributed by atoms with Gasteiger partial charge in [0.25, 0.3) is 5.91 Å². The Hall–Kier alpha value is -3.33. The smallest absolute Gasteiger partial charge is 0.416 e. The van der Waals surface area contributed by atoms with E-state index in [0.717, 1.165) is 47.7 Å². The number of fused-ring (bicyclic) bond motifs is 2. The Morgan fingerprint density at radius 1 is 1.03 bits per heavy atom. The minimum Gasteiger partial charge on any atom is -0.496 e. The summed E-state index contributed by atoms with van der Waals surface area (Å²) >= 11 is 0. The van der Waals surface area contributed by atoms with Gasteiger partial charge in [-0.15, -0.1) is 0 Å². The summed E-state index contributed by atoms with van der Waals surface area (Å²) < 4.78 is 44.3. The van der Waals surface area contributed by atoms with E-state index in [4.69, 9.17) is 4.74 Å². The largest absolute Gasteiger partial charge is 0.496 e. The first-order valence-electron chi connectivity index (χ1n) is 11.2. The third kappa shape index (κ3) is 4.16. The molecule has 0 spiro atoms. The first kappa shape index (κ1) is 22.5. The molecular weight excluding hydrogens is 445 g/mol. The topological polar surface area (TPSA) is 48.4 Å². The third-order valence-electron chi connectivity index (χ3n) is 6.49. The predicted octanol–water partition coefficient (Wildman–Crippen LogP) is 3.89. The predicted molar refractivity (Wildman–Crippen MR) is 121 cm³/mol. The van der Waals surface area contributed by atoms with E-state index in [1.807, 2.05) is 24.3 Å². The molecule has 2 aromatic rings. The highest BCUT2D eigenvalue weighted by atomic mass is 19.4. The van der Waals surface area contributed by atoms with Crippen molar-refractivity contribution < 1.29 is 22.7 Å². The zero-order chi connectivity index (χ0) is 23.9. The van der Waals surface area contributed by atoms with Crippen molar-refractivity contribution in [2.75, 3.05) is 33.3 Å². The van der Waals surface area contributed by atoms with Crippen LogP contribution in [0.3, 0.4) is 0 Å². The number of para-hydroxylation sites is 1. The van der Waals surface area contributed by atoms with E-state index in [1.54, 1.807) is 12.0 Å². The van der Waals surface area contributed by atoms with Gasteiger partial charge >= 0.3 is 6.18 Å². The second-order valence-corrected chi connectivity index (χ2v) is 8.62. The summed E-state index contributed by atoms with van der Waals surface area (Å²) in [5.41, 5.74) is 2.73. The van der Waals surface area contributed by atoms with E-state index >= 15 is 0 Å². The van der Waals surface area contributed by atoms with Crippen LogP contribution in [0.25, 0.3) is 0 Å². The lowest BCUT2D eigenvalue weighted by Gasteiger charge is -2.42. The number of carbonyl (C=O) groups is 1. The van der Waals surface area contributed by atoms with Gasteiger partial charge in [-0.1, -0.05) is 30.3 Å². The van der Waals surface area contributed by atoms with Crippen LogP contribution in [-0.4, -0.2) is 59.9 Å². The fourth-order valence-electron chi connectivity index (χ4n) is 4.81. The summed E-state index contributed by atoms with van der Waals surface area (Å²) in [6.45, 7) is 3.45. The molecule has 6 nitrogen and oxygen atoms in total. The molecule has 0 aliphatic carbocycles. The molecular formula is C25H25F3N4O2. The van der Waals surface area contributed by atoms with Crippen LogP contribution in [0.2, 0.25) is 0 Å². The minimum atomic E-state index is -4.39. The van der Waals surface area contributed by atoms with Crippen molar-refractivity contribution >= 4 is 11.9 Å². The van der Waals surface area contributed by atoms with E-state index in [2.05, 4.69) is 14.8 Å². The normalized spacial score (nSPS) is 18.7. The summed E-state index contributed by atoms with van der Waals surface area (Å²) in [4.78, 5) is 24.1. The Kier molecular flexibility index (Phi) is 5.81. The zero-order valence-corrected chi connectivity index (χ0v) is 18.8. The molecule has 0 N–H and O–H groups in total. The van der Waals surface area contributed by atoms with Gasteiger partial charge in [-0.25, -0.2) is 0 Å². The lowest BCUT2D eigenvalue weighted by Crippen LogP contribution is -2.53. The summed E-state index contributed by atoms with van der Waals surface area (Å²) in [5.74, 6) is 1.29. The molecule has 0 bridgehead atoms. The van der Waals surface area contributed by atoms with Gasteiger partial charge in [0, 0.05) is 43.9 Å². The zero-order valence-electron chi connectivity index (χ0n) is 18.8. The highest BCUT2D eigenvalue weighted by Gasteiger charge is 2.41. The van der Waals surface area contributed by atoms with Crippen molar-refractivity contribution in [1.82, 2.24) is 14.7 Å². The monoisotopic (exact) mass is 470 g/mol. The van der Waals surface area contributed by atoms with E-state index in [1.165, 1.54) is 12.1 Å². The average molecular weight is 470 g/mol. The second kappa shape index (κ2) is 8.79. The molecule has 9 heteroatoms. The van der Waals surface area contributed by atoms with Crippen molar-refractivity contribution in [3.63, 3.8) is 0 Å². The Balaban J connectivity index is 1.37. The standard InChI is InChI=1S/C25H25F3N4O2/c1-34-22-5-3-2-4-18(22)15-30-12-10-21-20(16-30)23(33)32(24-29-11-13-31(21)24)14-17-6-8-19(9-7-17)25(26,27)28/h2-9H,10-16H2,1H3. The quantitative estimate of drug-likeness (QED) is 0.666. The van der Waals surface area contributed by atoms with Crippen LogP contribution in [-0.2, 0) is 24.1 Å². The molecule has 178 valence electrons. The molecule has 3 heterocycles. The average Bonchev–Trinajstić information content (AvgIpc) is 3.32. The number of methoxy groups -OCH3 is 1. The van der Waals surface area contributed by atoms with Crippen molar-refractivity contribution in [3.8, 4) is 5.75 Å². The molecule has 0 fully saturated rings. The molecule has 0 unspecified atom stereocenters. The van der Waals surface area contributed by atoms with E-state index < -0.39 is 11.7 Å². The van der Waals surface area contributed by atoms with E-state index in [9.17, 15) is 18.0 Å². The highest BCUT2D eigenvalue weighted by Crippen LogP contribution is 2.33. The number of amides is 1. The van der Waals surface area contributed by atoms with Gasteiger partial charge in [0.05, 0.1) is 31.3 Å². The van der Waals surface area contributed by atoms with Gasteiger partial charge in [0.15, 0.2) is 0 Å². The van der Waals surface area contributed by atoms with Crippen LogP contribution in [0, 0.1) is 0 Å². The first-order chi connectivity index (χ1) is 16.3. The van der Waals surface area contributed by atoms with Gasteiger partial charge in [-0.2, -0.15) is 13.2 Å². The van der Waals surface area contributed by atoms with Gasteiger partial charge < -0.3 is 9.64 Å². The van der Waals surface area contributed by atoms with Crippen LogP contribution in [0.15, 0.2) is 64.8 Å². The molecule has 0 saturated heterocycles. The number of hydrogen-bond acceptors (Lipinski definition) is 5. The van der Waals surface area contributed by atoms with Crippen LogP contribution in [0.1, 0.15) is 23.1 Å². The van der Waals surface area contributed by atoms with Gasteiger partial charge in [-0.3, -0.25) is 19.6 Å².